The van der Waals surface area contributed by atoms with E-state index >= 15 is 0 Å². The first-order valence-corrected chi connectivity index (χ1v) is 11.3. The standard InChI is InChI=1S/C28H30/c1-5-13-23-19(9-1)20-10-2-6-14-24(20)27(23)17-18-28-25-15-7-3-11-21(25)22-12-4-8-16-26(22)28/h1-16,19-28H,17-18H2/t19-,20+,21?,22?,23?,24?,25?,26?,27?,28?. The molecule has 0 radical (unpaired) electrons. The number of fused-ring (bicyclic) bond motifs is 6. The minimum atomic E-state index is 0.709. The molecule has 2 saturated carbocycles. The molecule has 0 heteroatoms. The summed E-state index contributed by atoms with van der Waals surface area (Å²) >= 11 is 0. The molecule has 0 bridgehead atoms. The lowest BCUT2D eigenvalue weighted by atomic mass is 9.75. The average Bonchev–Trinajstić information content (AvgIpc) is 3.26. The van der Waals surface area contributed by atoms with Crippen LogP contribution in [0.5, 0.6) is 0 Å². The van der Waals surface area contributed by atoms with Gasteiger partial charge < -0.3 is 0 Å². The van der Waals surface area contributed by atoms with Gasteiger partial charge in [-0.2, -0.15) is 0 Å². The van der Waals surface area contributed by atoms with Crippen molar-refractivity contribution in [3.05, 3.63) is 97.2 Å². The summed E-state index contributed by atoms with van der Waals surface area (Å²) in [5.74, 6) is 7.32. The summed E-state index contributed by atoms with van der Waals surface area (Å²) in [7, 11) is 0. The van der Waals surface area contributed by atoms with E-state index < -0.39 is 0 Å². The Kier molecular flexibility index (Phi) is 4.07. The molecule has 0 N–H and O–H groups in total. The molecular formula is C28H30. The van der Waals surface area contributed by atoms with Gasteiger partial charge in [-0.3, -0.25) is 0 Å². The van der Waals surface area contributed by atoms with Crippen LogP contribution in [0.15, 0.2) is 97.2 Å². The minimum Gasteiger partial charge on any atom is -0.0805 e. The van der Waals surface area contributed by atoms with Crippen LogP contribution in [0.4, 0.5) is 0 Å². The summed E-state index contributed by atoms with van der Waals surface area (Å²) in [5, 5.41) is 0. The summed E-state index contributed by atoms with van der Waals surface area (Å²) in [4.78, 5) is 0. The lowest BCUT2D eigenvalue weighted by molar-refractivity contribution is 0.272. The SMILES string of the molecule is C1=CC2C3C=CC=CC3C(CCC3C4C=CC=C[C@H]4[C@H]4C=CC=CC34)C2C=C1. The van der Waals surface area contributed by atoms with Gasteiger partial charge in [0.25, 0.3) is 0 Å². The van der Waals surface area contributed by atoms with Crippen molar-refractivity contribution in [2.75, 3.05) is 0 Å². The van der Waals surface area contributed by atoms with E-state index in [-0.39, 0.29) is 0 Å². The molecule has 6 aliphatic carbocycles. The number of allylic oxidation sites excluding steroid dienone is 16. The Labute approximate surface area is 169 Å². The van der Waals surface area contributed by atoms with Crippen LogP contribution in [-0.4, -0.2) is 0 Å². The Balaban J connectivity index is 1.25. The van der Waals surface area contributed by atoms with Crippen molar-refractivity contribution in [1.82, 2.24) is 0 Å². The van der Waals surface area contributed by atoms with E-state index in [1.807, 2.05) is 0 Å². The van der Waals surface area contributed by atoms with E-state index in [1.54, 1.807) is 0 Å². The van der Waals surface area contributed by atoms with E-state index in [0.29, 0.717) is 23.7 Å². The molecule has 6 aliphatic rings. The van der Waals surface area contributed by atoms with Gasteiger partial charge in [-0.1, -0.05) is 97.2 Å². The van der Waals surface area contributed by atoms with Crippen LogP contribution in [0, 0.1) is 59.2 Å². The third-order valence-electron chi connectivity index (χ3n) is 8.59. The van der Waals surface area contributed by atoms with Crippen LogP contribution in [0.25, 0.3) is 0 Å². The fraction of sp³-hybridized carbons (Fsp3) is 0.429. The quantitative estimate of drug-likeness (QED) is 0.538. The molecule has 2 fully saturated rings. The maximum atomic E-state index is 2.52. The molecule has 0 aromatic rings. The monoisotopic (exact) mass is 366 g/mol. The highest BCUT2D eigenvalue weighted by Gasteiger charge is 2.50. The van der Waals surface area contributed by atoms with E-state index in [9.17, 15) is 0 Å². The van der Waals surface area contributed by atoms with Crippen molar-refractivity contribution in [2.24, 2.45) is 59.2 Å². The third kappa shape index (κ3) is 2.50. The van der Waals surface area contributed by atoms with Gasteiger partial charge in [-0.25, -0.2) is 0 Å². The molecule has 142 valence electrons. The molecule has 0 amide bonds. The first-order chi connectivity index (χ1) is 13.9. The van der Waals surface area contributed by atoms with Gasteiger partial charge in [0.2, 0.25) is 0 Å². The van der Waals surface area contributed by atoms with E-state index in [2.05, 4.69) is 97.2 Å². The molecule has 6 rings (SSSR count). The van der Waals surface area contributed by atoms with Crippen molar-refractivity contribution < 1.29 is 0 Å². The van der Waals surface area contributed by atoms with E-state index in [4.69, 9.17) is 0 Å². The second kappa shape index (κ2) is 6.76. The van der Waals surface area contributed by atoms with Crippen molar-refractivity contribution in [2.45, 2.75) is 12.8 Å². The number of hydrogen-bond donors (Lipinski definition) is 0. The van der Waals surface area contributed by atoms with Gasteiger partial charge in [0, 0.05) is 0 Å². The van der Waals surface area contributed by atoms with Crippen LogP contribution in [0.3, 0.4) is 0 Å². The van der Waals surface area contributed by atoms with Gasteiger partial charge in [0.1, 0.15) is 0 Å². The van der Waals surface area contributed by atoms with Crippen LogP contribution >= 0.6 is 0 Å². The summed E-state index contributed by atoms with van der Waals surface area (Å²) < 4.78 is 0. The fourth-order valence-corrected chi connectivity index (χ4v) is 7.49. The molecular weight excluding hydrogens is 336 g/mol. The Hall–Kier alpha value is -2.08. The van der Waals surface area contributed by atoms with Gasteiger partial charge in [-0.05, 0) is 72.0 Å². The molecule has 0 spiro atoms. The molecule has 0 heterocycles. The average molecular weight is 367 g/mol. The molecule has 0 nitrogen and oxygen atoms in total. The molecule has 0 saturated heterocycles. The van der Waals surface area contributed by atoms with Crippen molar-refractivity contribution >= 4 is 0 Å². The lowest BCUT2D eigenvalue weighted by Crippen LogP contribution is -2.21. The maximum absolute atomic E-state index is 2.52. The second-order valence-electron chi connectivity index (χ2n) is 9.60. The van der Waals surface area contributed by atoms with Crippen LogP contribution < -0.4 is 0 Å². The Morgan fingerprint density at radius 3 is 0.750 bits per heavy atom. The van der Waals surface area contributed by atoms with Crippen molar-refractivity contribution in [3.63, 3.8) is 0 Å². The van der Waals surface area contributed by atoms with Crippen LogP contribution in [-0.2, 0) is 0 Å². The first-order valence-electron chi connectivity index (χ1n) is 11.3. The van der Waals surface area contributed by atoms with Crippen molar-refractivity contribution in [1.29, 1.82) is 0 Å². The number of rotatable bonds is 3. The van der Waals surface area contributed by atoms with Crippen LogP contribution in [0.2, 0.25) is 0 Å². The summed E-state index contributed by atoms with van der Waals surface area (Å²) in [6, 6.07) is 0. The lowest BCUT2D eigenvalue weighted by Gasteiger charge is -2.29. The predicted molar refractivity (Wildman–Crippen MR) is 117 cm³/mol. The van der Waals surface area contributed by atoms with E-state index in [1.165, 1.54) is 12.8 Å². The molecule has 7 unspecified atom stereocenters. The summed E-state index contributed by atoms with van der Waals surface area (Å²) in [6.45, 7) is 0. The highest BCUT2D eigenvalue weighted by molar-refractivity contribution is 5.30. The zero-order valence-electron chi connectivity index (χ0n) is 16.4. The third-order valence-corrected chi connectivity index (χ3v) is 8.59. The first kappa shape index (κ1) is 16.8. The highest BCUT2D eigenvalue weighted by atomic mass is 14.5. The zero-order chi connectivity index (χ0) is 18.5. The van der Waals surface area contributed by atoms with Crippen molar-refractivity contribution in [3.8, 4) is 0 Å². The second-order valence-corrected chi connectivity index (χ2v) is 9.60. The minimum absolute atomic E-state index is 0.709. The van der Waals surface area contributed by atoms with Crippen LogP contribution in [0.1, 0.15) is 12.8 Å². The van der Waals surface area contributed by atoms with Gasteiger partial charge in [0.15, 0.2) is 0 Å². The molecule has 0 aromatic carbocycles. The van der Waals surface area contributed by atoms with Gasteiger partial charge >= 0.3 is 0 Å². The molecule has 9 atom stereocenters. The smallest absolute Gasteiger partial charge is 0.00956 e. The topological polar surface area (TPSA) is 0 Å². The summed E-state index contributed by atoms with van der Waals surface area (Å²) in [6.07, 6.45) is 41.0. The molecule has 0 aliphatic heterocycles. The molecule has 28 heavy (non-hydrogen) atoms. The zero-order valence-corrected chi connectivity index (χ0v) is 16.4. The summed E-state index contributed by atoms with van der Waals surface area (Å²) in [5.41, 5.74) is 0. The Bertz CT molecular complexity index is 716. The number of hydrogen-bond acceptors (Lipinski definition) is 0. The Morgan fingerprint density at radius 2 is 0.500 bits per heavy atom. The van der Waals surface area contributed by atoms with Gasteiger partial charge in [-0.15, -0.1) is 0 Å². The highest BCUT2D eigenvalue weighted by Crippen LogP contribution is 2.56. The normalized spacial score (nSPS) is 48.6. The van der Waals surface area contributed by atoms with E-state index in [0.717, 1.165) is 35.5 Å². The molecule has 0 aromatic heterocycles. The van der Waals surface area contributed by atoms with Gasteiger partial charge in [0.05, 0.1) is 0 Å². The fourth-order valence-electron chi connectivity index (χ4n) is 7.49. The maximum Gasteiger partial charge on any atom is -0.00956 e. The largest absolute Gasteiger partial charge is 0.0805 e. The predicted octanol–water partition coefficient (Wildman–Crippen LogP) is 6.46. The Morgan fingerprint density at radius 1 is 0.286 bits per heavy atom.